The molecule has 1 amide bonds. The van der Waals surface area contributed by atoms with E-state index in [1.54, 1.807) is 48.9 Å². The number of furan rings is 1. The first-order valence-corrected chi connectivity index (χ1v) is 7.77. The summed E-state index contributed by atoms with van der Waals surface area (Å²) < 4.78 is 11.7. The van der Waals surface area contributed by atoms with Crippen molar-refractivity contribution in [2.24, 2.45) is 0 Å². The smallest absolute Gasteiger partial charge is 0.341 e. The van der Waals surface area contributed by atoms with E-state index in [1.807, 2.05) is 6.07 Å². The van der Waals surface area contributed by atoms with Crippen molar-refractivity contribution >= 4 is 17.6 Å². The van der Waals surface area contributed by atoms with Gasteiger partial charge in [0, 0.05) is 5.69 Å². The average molecular weight is 339 g/mol. The number of anilines is 1. The van der Waals surface area contributed by atoms with Crippen molar-refractivity contribution in [2.75, 3.05) is 11.9 Å². The third-order valence-corrected chi connectivity index (χ3v) is 3.60. The fourth-order valence-corrected chi connectivity index (χ4v) is 2.40. The van der Waals surface area contributed by atoms with Gasteiger partial charge in [-0.2, -0.15) is 5.10 Å². The van der Waals surface area contributed by atoms with Crippen molar-refractivity contribution in [1.29, 1.82) is 0 Å². The molecule has 1 N–H and O–H groups in total. The van der Waals surface area contributed by atoms with Crippen LogP contribution >= 0.6 is 0 Å². The number of esters is 1. The number of benzene rings is 1. The molecule has 3 aromatic rings. The van der Waals surface area contributed by atoms with Crippen LogP contribution in [0.4, 0.5) is 5.69 Å². The Morgan fingerprint density at radius 3 is 2.84 bits per heavy atom. The Kier molecular flexibility index (Phi) is 4.65. The normalized spacial score (nSPS) is 10.5. The van der Waals surface area contributed by atoms with E-state index in [4.69, 9.17) is 9.15 Å². The van der Waals surface area contributed by atoms with Gasteiger partial charge in [-0.25, -0.2) is 9.48 Å². The Morgan fingerprint density at radius 2 is 2.12 bits per heavy atom. The molecule has 25 heavy (non-hydrogen) atoms. The highest BCUT2D eigenvalue weighted by Gasteiger charge is 2.16. The van der Waals surface area contributed by atoms with Crippen molar-refractivity contribution in [3.63, 3.8) is 0 Å². The van der Waals surface area contributed by atoms with Crippen LogP contribution in [0, 0.1) is 6.92 Å². The van der Waals surface area contributed by atoms with E-state index in [0.717, 1.165) is 0 Å². The van der Waals surface area contributed by atoms with E-state index in [1.165, 1.54) is 12.5 Å². The van der Waals surface area contributed by atoms with E-state index in [-0.39, 0.29) is 11.7 Å². The summed E-state index contributed by atoms with van der Waals surface area (Å²) in [6.45, 7) is 3.84. The molecule has 0 saturated carbocycles. The molecule has 7 heteroatoms. The van der Waals surface area contributed by atoms with Crippen LogP contribution in [0.1, 0.15) is 33.5 Å². The minimum absolute atomic E-state index is 0.227. The number of nitrogens with one attached hydrogen (secondary N) is 1. The summed E-state index contributed by atoms with van der Waals surface area (Å²) in [6, 6.07) is 10.4. The number of rotatable bonds is 5. The third kappa shape index (κ3) is 3.45. The van der Waals surface area contributed by atoms with Crippen LogP contribution in [0.5, 0.6) is 0 Å². The number of carbonyl (C=O) groups is 2. The Morgan fingerprint density at radius 1 is 1.28 bits per heavy atom. The van der Waals surface area contributed by atoms with Crippen LogP contribution in [0.3, 0.4) is 0 Å². The number of carbonyl (C=O) groups excluding carboxylic acids is 2. The summed E-state index contributed by atoms with van der Waals surface area (Å²) >= 11 is 0. The van der Waals surface area contributed by atoms with Gasteiger partial charge in [0.25, 0.3) is 5.91 Å². The number of aromatic nitrogens is 2. The maximum atomic E-state index is 12.1. The maximum absolute atomic E-state index is 12.1. The highest BCUT2D eigenvalue weighted by atomic mass is 16.5. The van der Waals surface area contributed by atoms with E-state index in [0.29, 0.717) is 29.2 Å². The molecule has 0 spiro atoms. The first-order valence-electron chi connectivity index (χ1n) is 7.77. The van der Waals surface area contributed by atoms with E-state index in [2.05, 4.69) is 10.4 Å². The average Bonchev–Trinajstić information content (AvgIpc) is 3.25. The summed E-state index contributed by atoms with van der Waals surface area (Å²) in [7, 11) is 0. The van der Waals surface area contributed by atoms with Gasteiger partial charge >= 0.3 is 5.97 Å². The Labute approximate surface area is 144 Å². The van der Waals surface area contributed by atoms with E-state index < -0.39 is 5.97 Å². The number of ether oxygens (including phenoxy) is 1. The van der Waals surface area contributed by atoms with Gasteiger partial charge in [-0.3, -0.25) is 4.79 Å². The second-order valence-corrected chi connectivity index (χ2v) is 5.26. The monoisotopic (exact) mass is 339 g/mol. The van der Waals surface area contributed by atoms with Crippen molar-refractivity contribution in [3.05, 3.63) is 65.9 Å². The molecular formula is C18H17N3O4. The summed E-state index contributed by atoms with van der Waals surface area (Å²) in [5.41, 5.74) is 2.37. The van der Waals surface area contributed by atoms with Gasteiger partial charge in [0.2, 0.25) is 0 Å². The molecule has 2 heterocycles. The zero-order chi connectivity index (χ0) is 17.8. The molecule has 0 bridgehead atoms. The molecule has 0 saturated heterocycles. The quantitative estimate of drug-likeness (QED) is 0.721. The van der Waals surface area contributed by atoms with Gasteiger partial charge in [0.15, 0.2) is 5.76 Å². The zero-order valence-electron chi connectivity index (χ0n) is 13.9. The second-order valence-electron chi connectivity index (χ2n) is 5.26. The molecule has 3 rings (SSSR count). The van der Waals surface area contributed by atoms with Crippen LogP contribution in [-0.4, -0.2) is 28.3 Å². The highest BCUT2D eigenvalue weighted by molar-refractivity contribution is 6.02. The molecule has 0 unspecified atom stereocenters. The van der Waals surface area contributed by atoms with Gasteiger partial charge in [-0.05, 0) is 44.2 Å². The van der Waals surface area contributed by atoms with Crippen LogP contribution < -0.4 is 5.32 Å². The third-order valence-electron chi connectivity index (χ3n) is 3.60. The fourth-order valence-electron chi connectivity index (χ4n) is 2.40. The molecule has 0 aliphatic rings. The molecule has 0 fully saturated rings. The lowest BCUT2D eigenvalue weighted by molar-refractivity contribution is 0.0525. The van der Waals surface area contributed by atoms with Crippen LogP contribution in [0.25, 0.3) is 5.69 Å². The SMILES string of the molecule is CCOC(=O)c1cnn(-c2cccc(NC(=O)c3ccco3)c2)c1C. The summed E-state index contributed by atoms with van der Waals surface area (Å²) in [4.78, 5) is 24.0. The van der Waals surface area contributed by atoms with Gasteiger partial charge in [-0.15, -0.1) is 0 Å². The summed E-state index contributed by atoms with van der Waals surface area (Å²) in [5, 5.41) is 7.00. The molecule has 0 radical (unpaired) electrons. The standard InChI is InChI=1S/C18H17N3O4/c1-3-24-18(23)15-11-19-21(12(15)2)14-7-4-6-13(10-14)20-17(22)16-8-5-9-25-16/h4-11H,3H2,1-2H3,(H,20,22). The van der Waals surface area contributed by atoms with Gasteiger partial charge < -0.3 is 14.5 Å². The van der Waals surface area contributed by atoms with Gasteiger partial charge in [0.05, 0.1) is 30.4 Å². The number of amides is 1. The van der Waals surface area contributed by atoms with Crippen molar-refractivity contribution < 1.29 is 18.7 Å². The summed E-state index contributed by atoms with van der Waals surface area (Å²) in [5.74, 6) is -0.523. The topological polar surface area (TPSA) is 86.4 Å². The van der Waals surface area contributed by atoms with Crippen molar-refractivity contribution in [2.45, 2.75) is 13.8 Å². The largest absolute Gasteiger partial charge is 0.462 e. The number of hydrogen-bond donors (Lipinski definition) is 1. The van der Waals surface area contributed by atoms with Crippen LogP contribution in [0.15, 0.2) is 53.3 Å². The molecule has 7 nitrogen and oxygen atoms in total. The van der Waals surface area contributed by atoms with E-state index in [9.17, 15) is 9.59 Å². The highest BCUT2D eigenvalue weighted by Crippen LogP contribution is 2.19. The Balaban J connectivity index is 1.85. The Hall–Kier alpha value is -3.35. The number of nitrogens with zero attached hydrogens (tertiary/aromatic N) is 2. The fraction of sp³-hybridized carbons (Fsp3) is 0.167. The Bertz CT molecular complexity index is 897. The van der Waals surface area contributed by atoms with Crippen LogP contribution in [-0.2, 0) is 4.74 Å². The first-order chi connectivity index (χ1) is 12.1. The minimum Gasteiger partial charge on any atom is -0.462 e. The number of hydrogen-bond acceptors (Lipinski definition) is 5. The summed E-state index contributed by atoms with van der Waals surface area (Å²) in [6.07, 6.45) is 2.91. The van der Waals surface area contributed by atoms with Crippen molar-refractivity contribution in [3.8, 4) is 5.69 Å². The molecule has 128 valence electrons. The first kappa shape index (κ1) is 16.5. The molecule has 0 aliphatic carbocycles. The lowest BCUT2D eigenvalue weighted by atomic mass is 10.2. The molecule has 0 atom stereocenters. The van der Waals surface area contributed by atoms with E-state index >= 15 is 0 Å². The lowest BCUT2D eigenvalue weighted by Crippen LogP contribution is -2.11. The molecule has 1 aromatic carbocycles. The second kappa shape index (κ2) is 7.04. The molecule has 2 aromatic heterocycles. The van der Waals surface area contributed by atoms with Gasteiger partial charge in [-0.1, -0.05) is 6.07 Å². The minimum atomic E-state index is -0.409. The maximum Gasteiger partial charge on any atom is 0.341 e. The van der Waals surface area contributed by atoms with Crippen LogP contribution in [0.2, 0.25) is 0 Å². The lowest BCUT2D eigenvalue weighted by Gasteiger charge is -2.08. The molecular weight excluding hydrogens is 322 g/mol. The predicted molar refractivity (Wildman–Crippen MR) is 90.9 cm³/mol. The molecule has 0 aliphatic heterocycles. The predicted octanol–water partition coefficient (Wildman–Crippen LogP) is 3.20. The zero-order valence-corrected chi connectivity index (χ0v) is 13.9. The van der Waals surface area contributed by atoms with Crippen molar-refractivity contribution in [1.82, 2.24) is 9.78 Å². The van der Waals surface area contributed by atoms with Gasteiger partial charge in [0.1, 0.15) is 5.56 Å².